The van der Waals surface area contributed by atoms with Crippen LogP contribution in [-0.2, 0) is 26.2 Å². The van der Waals surface area contributed by atoms with E-state index < -0.39 is 45.6 Å². The van der Waals surface area contributed by atoms with Crippen molar-refractivity contribution in [1.29, 1.82) is 0 Å². The number of carbonyl (C=O) groups excluding carboxylic acids is 2. The Bertz CT molecular complexity index is 1320. The number of hydrogen-bond donors (Lipinski definition) is 3. The van der Waals surface area contributed by atoms with E-state index in [1.807, 2.05) is 26.8 Å². The molecule has 2 heterocycles. The van der Waals surface area contributed by atoms with Crippen LogP contribution in [0.4, 0.5) is 4.79 Å². The number of nitrogens with zero attached hydrogens (tertiary/aromatic N) is 2. The van der Waals surface area contributed by atoms with Gasteiger partial charge in [0.25, 0.3) is 0 Å². The number of fused-ring (bicyclic) bond motifs is 2. The number of carbonyl (C=O) groups is 3. The maximum atomic E-state index is 14.0. The summed E-state index contributed by atoms with van der Waals surface area (Å²) in [5.41, 5.74) is 0.134. The quantitative estimate of drug-likeness (QED) is 0.447. The van der Waals surface area contributed by atoms with Gasteiger partial charge < -0.3 is 20.6 Å². The molecule has 1 saturated heterocycles. The minimum absolute atomic E-state index is 0.0806. The lowest BCUT2D eigenvalue weighted by Crippen LogP contribution is -2.60. The minimum atomic E-state index is -3.68. The van der Waals surface area contributed by atoms with E-state index in [2.05, 4.69) is 24.5 Å². The number of hydrogen-bond acceptors (Lipinski definition) is 5. The average molecular weight is 589 g/mol. The molecule has 1 aromatic rings. The van der Waals surface area contributed by atoms with E-state index in [4.69, 9.17) is 0 Å². The Kier molecular flexibility index (Phi) is 7.68. The van der Waals surface area contributed by atoms with Gasteiger partial charge >= 0.3 is 12.0 Å². The lowest BCUT2D eigenvalue weighted by Gasteiger charge is -2.37. The number of likely N-dealkylation sites (tertiary alicyclic amines) is 1. The molecule has 1 aromatic carbocycles. The third-order valence-electron chi connectivity index (χ3n) is 10.1. The van der Waals surface area contributed by atoms with Crippen molar-refractivity contribution < 1.29 is 27.9 Å². The molecule has 3 amide bonds. The molecule has 10 nitrogen and oxygen atoms in total. The molecular weight excluding hydrogens is 544 g/mol. The van der Waals surface area contributed by atoms with Crippen molar-refractivity contribution in [3.05, 3.63) is 29.8 Å². The van der Waals surface area contributed by atoms with Crippen molar-refractivity contribution in [1.82, 2.24) is 19.8 Å². The monoisotopic (exact) mass is 588 g/mol. The van der Waals surface area contributed by atoms with Crippen LogP contribution in [-0.4, -0.2) is 71.9 Å². The number of rotatable bonds is 7. The molecule has 41 heavy (non-hydrogen) atoms. The predicted molar refractivity (Wildman–Crippen MR) is 153 cm³/mol. The number of benzene rings is 1. The Labute approximate surface area is 243 Å². The molecule has 2 aliphatic heterocycles. The fraction of sp³-hybridized carbons (Fsp3) is 0.700. The summed E-state index contributed by atoms with van der Waals surface area (Å²) >= 11 is 0. The molecule has 2 saturated carbocycles. The molecule has 0 unspecified atom stereocenters. The molecule has 0 spiro atoms. The van der Waals surface area contributed by atoms with Crippen LogP contribution >= 0.6 is 0 Å². The van der Waals surface area contributed by atoms with Crippen molar-refractivity contribution in [3.63, 3.8) is 0 Å². The first-order valence-electron chi connectivity index (χ1n) is 14.8. The molecule has 0 radical (unpaired) electrons. The Balaban J connectivity index is 1.32. The lowest BCUT2D eigenvalue weighted by atomic mass is 9.83. The zero-order valence-electron chi connectivity index (χ0n) is 24.7. The SMILES string of the molecule is CC(C)(C)[C@@H](CN1Cc2ccccc2S1(=O)=O)NC(=O)N[C@H](C(=O)N1C[C@H]2[C@@H]([C@H]1C(=O)O)C2(C)C)C1CCCCC1. The summed E-state index contributed by atoms with van der Waals surface area (Å²) in [5, 5.41) is 16.0. The highest BCUT2D eigenvalue weighted by Gasteiger charge is 2.70. The fourth-order valence-electron chi connectivity index (χ4n) is 7.37. The van der Waals surface area contributed by atoms with Crippen LogP contribution in [0.2, 0.25) is 0 Å². The molecule has 2 aliphatic carbocycles. The third-order valence-corrected chi connectivity index (χ3v) is 12.0. The van der Waals surface area contributed by atoms with Crippen LogP contribution in [0, 0.1) is 28.6 Å². The highest BCUT2D eigenvalue weighted by atomic mass is 32.2. The van der Waals surface area contributed by atoms with Gasteiger partial charge in [-0.3, -0.25) is 4.79 Å². The van der Waals surface area contributed by atoms with Gasteiger partial charge in [-0.1, -0.05) is 72.1 Å². The molecule has 11 heteroatoms. The first-order chi connectivity index (χ1) is 19.1. The Morgan fingerprint density at radius 2 is 1.73 bits per heavy atom. The van der Waals surface area contributed by atoms with Crippen LogP contribution in [0.1, 0.15) is 72.3 Å². The standard InChI is InChI=1S/C30H44N4O6S/c1-29(2,3)22(17-33-15-19-13-9-10-14-21(19)41(33,39)40)31-28(38)32-24(18-11-7-6-8-12-18)26(35)34-16-20-23(30(20,4)5)25(34)27(36)37/h9-10,13-14,18,20,22-25H,6-8,11-12,15-17H2,1-5H3,(H,36,37)(H2,31,32,38)/t20-,22+,23-,24-,25-/m0/s1. The van der Waals surface area contributed by atoms with Gasteiger partial charge in [-0.25, -0.2) is 18.0 Å². The van der Waals surface area contributed by atoms with Gasteiger partial charge in [0.1, 0.15) is 12.1 Å². The maximum Gasteiger partial charge on any atom is 0.326 e. The zero-order valence-corrected chi connectivity index (χ0v) is 25.5. The van der Waals surface area contributed by atoms with Crippen LogP contribution < -0.4 is 10.6 Å². The summed E-state index contributed by atoms with van der Waals surface area (Å²) in [5.74, 6) is -1.34. The largest absolute Gasteiger partial charge is 0.480 e. The van der Waals surface area contributed by atoms with Crippen LogP contribution in [0.5, 0.6) is 0 Å². The molecule has 4 aliphatic rings. The van der Waals surface area contributed by atoms with E-state index >= 15 is 0 Å². The number of amides is 3. The van der Waals surface area contributed by atoms with Crippen LogP contribution in [0.25, 0.3) is 0 Å². The van der Waals surface area contributed by atoms with Gasteiger partial charge in [0.15, 0.2) is 0 Å². The van der Waals surface area contributed by atoms with Crippen molar-refractivity contribution in [2.24, 2.45) is 28.6 Å². The second-order valence-corrected chi connectivity index (χ2v) is 16.0. The number of piperidine rings is 1. The summed E-state index contributed by atoms with van der Waals surface area (Å²) in [6, 6.07) is 4.11. The summed E-state index contributed by atoms with van der Waals surface area (Å²) in [6.07, 6.45) is 4.55. The molecule has 0 bridgehead atoms. The van der Waals surface area contributed by atoms with Crippen molar-refractivity contribution in [3.8, 4) is 0 Å². The summed E-state index contributed by atoms with van der Waals surface area (Å²) in [6.45, 7) is 10.6. The van der Waals surface area contributed by atoms with Gasteiger partial charge in [0.2, 0.25) is 15.9 Å². The van der Waals surface area contributed by atoms with Gasteiger partial charge in [0, 0.05) is 31.6 Å². The normalized spacial score (nSPS) is 28.3. The van der Waals surface area contributed by atoms with Crippen LogP contribution in [0.3, 0.4) is 0 Å². The lowest BCUT2D eigenvalue weighted by molar-refractivity contribution is -0.151. The Morgan fingerprint density at radius 3 is 2.34 bits per heavy atom. The molecule has 3 fully saturated rings. The maximum absolute atomic E-state index is 14.0. The van der Waals surface area contributed by atoms with Gasteiger partial charge in [-0.2, -0.15) is 4.31 Å². The van der Waals surface area contributed by atoms with E-state index in [-0.39, 0.29) is 42.2 Å². The predicted octanol–water partition coefficient (Wildman–Crippen LogP) is 3.42. The van der Waals surface area contributed by atoms with E-state index in [0.29, 0.717) is 11.4 Å². The van der Waals surface area contributed by atoms with E-state index in [1.54, 1.807) is 18.2 Å². The van der Waals surface area contributed by atoms with Crippen molar-refractivity contribution in [2.75, 3.05) is 13.1 Å². The van der Waals surface area contributed by atoms with E-state index in [1.165, 1.54) is 9.21 Å². The molecule has 5 atom stereocenters. The second kappa shape index (κ2) is 10.6. The van der Waals surface area contributed by atoms with Gasteiger partial charge in [-0.15, -0.1) is 0 Å². The topological polar surface area (TPSA) is 136 Å². The van der Waals surface area contributed by atoms with Gasteiger partial charge in [-0.05, 0) is 47.1 Å². The van der Waals surface area contributed by atoms with Gasteiger partial charge in [0.05, 0.1) is 4.90 Å². The number of urea groups is 1. The second-order valence-electron chi connectivity index (χ2n) is 14.0. The van der Waals surface area contributed by atoms with E-state index in [9.17, 15) is 27.9 Å². The average Bonchev–Trinajstić information content (AvgIpc) is 3.20. The molecule has 3 N–H and O–H groups in total. The smallest absolute Gasteiger partial charge is 0.326 e. The fourth-order valence-corrected chi connectivity index (χ4v) is 9.01. The molecule has 226 valence electrons. The number of sulfonamides is 1. The number of carboxylic acid groups (broad SMARTS) is 1. The van der Waals surface area contributed by atoms with E-state index in [0.717, 1.165) is 37.7 Å². The zero-order chi connectivity index (χ0) is 29.9. The number of aliphatic carboxylic acids is 1. The summed E-state index contributed by atoms with van der Waals surface area (Å²) < 4.78 is 27.8. The molecule has 0 aromatic heterocycles. The Morgan fingerprint density at radius 1 is 1.07 bits per heavy atom. The first-order valence-corrected chi connectivity index (χ1v) is 16.3. The number of nitrogens with one attached hydrogen (secondary N) is 2. The first kappa shape index (κ1) is 29.8. The Hall–Kier alpha value is -2.66. The van der Waals surface area contributed by atoms with Crippen LogP contribution in [0.15, 0.2) is 29.2 Å². The highest BCUT2D eigenvalue weighted by Crippen LogP contribution is 2.65. The molecular formula is C30H44N4O6S. The molecule has 5 rings (SSSR count). The highest BCUT2D eigenvalue weighted by molar-refractivity contribution is 7.89. The van der Waals surface area contributed by atoms with Crippen molar-refractivity contribution in [2.45, 2.75) is 96.3 Å². The summed E-state index contributed by atoms with van der Waals surface area (Å²) in [7, 11) is -3.68. The number of carboxylic acids is 1. The minimum Gasteiger partial charge on any atom is -0.480 e. The van der Waals surface area contributed by atoms with Crippen molar-refractivity contribution >= 4 is 27.9 Å². The summed E-state index contributed by atoms with van der Waals surface area (Å²) in [4.78, 5) is 41.6. The third kappa shape index (κ3) is 5.47.